The molecule has 1 saturated carbocycles. The van der Waals surface area contributed by atoms with Crippen LogP contribution in [0.5, 0.6) is 0 Å². The second-order valence-electron chi connectivity index (χ2n) is 9.26. The van der Waals surface area contributed by atoms with Gasteiger partial charge in [-0.3, -0.25) is 4.57 Å². The maximum Gasteiger partial charge on any atom is 0.356 e. The van der Waals surface area contributed by atoms with Crippen molar-refractivity contribution in [1.29, 1.82) is 0 Å². The molecule has 0 radical (unpaired) electrons. The molecule has 2 bridgehead atoms. The molecule has 6 nitrogen and oxygen atoms in total. The Balaban J connectivity index is 2.12. The lowest BCUT2D eigenvalue weighted by molar-refractivity contribution is -0.0288. The highest BCUT2D eigenvalue weighted by atomic mass is 31.2. The average Bonchev–Trinajstić information content (AvgIpc) is 2.77. The van der Waals surface area contributed by atoms with Gasteiger partial charge in [-0.2, -0.15) is 0 Å². The third-order valence-corrected chi connectivity index (χ3v) is 12.1. The molecular weight excluding hydrogens is 371 g/mol. The SMILES string of the molecule is CCOP(=O)(CO[C@H]1C[C@H]2C[C@@H]1O[Si](C(C)(C)C)(C(C)(C)C)O2)OCC. The maximum atomic E-state index is 12.7. The standard InChI is InChI=1S/C18H37O6PSi/c1-9-21-25(19,22-10-2)13-20-15-11-14-12-16(15)24-26(23-14,17(3,4)5)18(6,7)8/h14-16H,9-13H2,1-8H3/t14-,15-,16-/m0/s1. The third-order valence-electron chi connectivity index (χ3n) is 5.13. The van der Waals surface area contributed by atoms with Crippen LogP contribution in [0.2, 0.25) is 10.1 Å². The van der Waals surface area contributed by atoms with Gasteiger partial charge in [-0.05, 0) is 13.8 Å². The van der Waals surface area contributed by atoms with Crippen molar-refractivity contribution in [3.05, 3.63) is 0 Å². The van der Waals surface area contributed by atoms with Crippen molar-refractivity contribution in [1.82, 2.24) is 0 Å². The van der Waals surface area contributed by atoms with Gasteiger partial charge < -0.3 is 22.6 Å². The van der Waals surface area contributed by atoms with Crippen LogP contribution in [0.4, 0.5) is 0 Å². The van der Waals surface area contributed by atoms with Gasteiger partial charge in [0, 0.05) is 22.9 Å². The fourth-order valence-electron chi connectivity index (χ4n) is 4.31. The molecule has 0 unspecified atom stereocenters. The minimum absolute atomic E-state index is 0.0180. The average molecular weight is 409 g/mol. The first-order valence-corrected chi connectivity index (χ1v) is 13.3. The molecule has 2 fully saturated rings. The molecule has 0 amide bonds. The second-order valence-corrected chi connectivity index (χ2v) is 16.0. The van der Waals surface area contributed by atoms with Crippen molar-refractivity contribution >= 4 is 16.2 Å². The summed E-state index contributed by atoms with van der Waals surface area (Å²) < 4.78 is 42.7. The second kappa shape index (κ2) is 7.94. The molecule has 0 spiro atoms. The molecule has 154 valence electrons. The molecule has 0 aromatic heterocycles. The normalized spacial score (nSPS) is 29.2. The summed E-state index contributed by atoms with van der Waals surface area (Å²) in [4.78, 5) is 0. The van der Waals surface area contributed by atoms with Gasteiger partial charge >= 0.3 is 16.2 Å². The summed E-state index contributed by atoms with van der Waals surface area (Å²) >= 11 is 0. The van der Waals surface area contributed by atoms with Crippen molar-refractivity contribution < 1.29 is 27.2 Å². The van der Waals surface area contributed by atoms with Crippen LogP contribution in [-0.4, -0.2) is 46.4 Å². The number of hydrogen-bond acceptors (Lipinski definition) is 6. The Labute approximate surface area is 160 Å². The lowest BCUT2D eigenvalue weighted by Crippen LogP contribution is -2.62. The quantitative estimate of drug-likeness (QED) is 0.425. The largest absolute Gasteiger partial charge is 0.390 e. The van der Waals surface area contributed by atoms with Crippen LogP contribution in [0.15, 0.2) is 0 Å². The zero-order valence-corrected chi connectivity index (χ0v) is 19.6. The minimum atomic E-state index is -3.21. The summed E-state index contributed by atoms with van der Waals surface area (Å²) in [6.45, 7) is 17.5. The van der Waals surface area contributed by atoms with E-state index in [0.717, 1.165) is 12.8 Å². The van der Waals surface area contributed by atoms with Crippen LogP contribution in [0, 0.1) is 0 Å². The van der Waals surface area contributed by atoms with Gasteiger partial charge in [0.1, 0.15) is 6.35 Å². The molecule has 2 rings (SSSR count). The monoisotopic (exact) mass is 408 g/mol. The van der Waals surface area contributed by atoms with Crippen LogP contribution in [0.25, 0.3) is 0 Å². The number of ether oxygens (including phenoxy) is 1. The Hall–Kier alpha value is 0.247. The summed E-state index contributed by atoms with van der Waals surface area (Å²) in [5.41, 5.74) is 0. The first-order valence-electron chi connectivity index (χ1n) is 9.73. The van der Waals surface area contributed by atoms with Crippen molar-refractivity contribution in [2.45, 2.75) is 96.6 Å². The van der Waals surface area contributed by atoms with Crippen LogP contribution in [0.1, 0.15) is 68.2 Å². The molecule has 1 aliphatic heterocycles. The lowest BCUT2D eigenvalue weighted by atomic mass is 10.2. The van der Waals surface area contributed by atoms with E-state index in [1.165, 1.54) is 0 Å². The van der Waals surface area contributed by atoms with Gasteiger partial charge in [-0.15, -0.1) is 0 Å². The van der Waals surface area contributed by atoms with E-state index < -0.39 is 16.2 Å². The molecule has 1 aliphatic carbocycles. The van der Waals surface area contributed by atoms with Crippen LogP contribution in [0.3, 0.4) is 0 Å². The van der Waals surface area contributed by atoms with E-state index in [1.807, 2.05) is 0 Å². The molecule has 8 heteroatoms. The number of hydrogen-bond donors (Lipinski definition) is 0. The Kier molecular flexibility index (Phi) is 6.88. The number of fused-ring (bicyclic) bond motifs is 2. The number of rotatable bonds is 7. The summed E-state index contributed by atoms with van der Waals surface area (Å²) in [6.07, 6.45) is 1.56. The molecule has 2 aliphatic rings. The molecule has 0 N–H and O–H groups in total. The summed E-state index contributed by atoms with van der Waals surface area (Å²) in [6, 6.07) is 0. The van der Waals surface area contributed by atoms with E-state index in [1.54, 1.807) is 13.8 Å². The van der Waals surface area contributed by atoms with Gasteiger partial charge in [-0.1, -0.05) is 41.5 Å². The Morgan fingerprint density at radius 2 is 1.50 bits per heavy atom. The lowest BCUT2D eigenvalue weighted by Gasteiger charge is -2.53. The van der Waals surface area contributed by atoms with Crippen molar-refractivity contribution in [3.63, 3.8) is 0 Å². The zero-order chi connectivity index (χ0) is 19.8. The van der Waals surface area contributed by atoms with Gasteiger partial charge in [0.25, 0.3) is 0 Å². The fraction of sp³-hybridized carbons (Fsp3) is 1.00. The molecule has 1 heterocycles. The highest BCUT2D eigenvalue weighted by Gasteiger charge is 2.64. The zero-order valence-electron chi connectivity index (χ0n) is 17.7. The van der Waals surface area contributed by atoms with Gasteiger partial charge in [-0.25, -0.2) is 0 Å². The summed E-state index contributed by atoms with van der Waals surface area (Å²) in [5.74, 6) is 0. The smallest absolute Gasteiger partial charge is 0.356 e. The Bertz CT molecular complexity index is 503. The minimum Gasteiger partial charge on any atom is -0.390 e. The molecule has 0 aromatic rings. The summed E-state index contributed by atoms with van der Waals surface area (Å²) in [7, 11) is -5.72. The van der Waals surface area contributed by atoms with Gasteiger partial charge in [0.15, 0.2) is 0 Å². The van der Waals surface area contributed by atoms with Crippen molar-refractivity contribution in [3.8, 4) is 0 Å². The Morgan fingerprint density at radius 3 is 1.96 bits per heavy atom. The van der Waals surface area contributed by atoms with Crippen LogP contribution >= 0.6 is 7.60 Å². The maximum absolute atomic E-state index is 12.7. The van der Waals surface area contributed by atoms with E-state index in [0.29, 0.717) is 13.2 Å². The summed E-state index contributed by atoms with van der Waals surface area (Å²) in [5, 5.41) is -0.105. The molecule has 3 atom stereocenters. The third kappa shape index (κ3) is 4.45. The molecular formula is C18H37O6PSi. The van der Waals surface area contributed by atoms with Crippen LogP contribution < -0.4 is 0 Å². The van der Waals surface area contributed by atoms with E-state index in [2.05, 4.69) is 41.5 Å². The topological polar surface area (TPSA) is 63.2 Å². The van der Waals surface area contributed by atoms with E-state index in [9.17, 15) is 4.57 Å². The first kappa shape index (κ1) is 22.5. The predicted molar refractivity (Wildman–Crippen MR) is 105 cm³/mol. The fourth-order valence-corrected chi connectivity index (χ4v) is 10.8. The Morgan fingerprint density at radius 1 is 0.962 bits per heavy atom. The van der Waals surface area contributed by atoms with Gasteiger partial charge in [0.05, 0.1) is 31.5 Å². The predicted octanol–water partition coefficient (Wildman–Crippen LogP) is 5.22. The van der Waals surface area contributed by atoms with Gasteiger partial charge in [0.2, 0.25) is 0 Å². The first-order chi connectivity index (χ1) is 11.9. The molecule has 0 aromatic carbocycles. The van der Waals surface area contributed by atoms with E-state index in [-0.39, 0.29) is 34.7 Å². The van der Waals surface area contributed by atoms with Crippen LogP contribution in [-0.2, 0) is 27.2 Å². The van der Waals surface area contributed by atoms with Crippen molar-refractivity contribution in [2.24, 2.45) is 0 Å². The highest BCUT2D eigenvalue weighted by Crippen LogP contribution is 2.57. The molecule has 26 heavy (non-hydrogen) atoms. The van der Waals surface area contributed by atoms with Crippen molar-refractivity contribution in [2.75, 3.05) is 19.6 Å². The van der Waals surface area contributed by atoms with E-state index >= 15 is 0 Å². The van der Waals surface area contributed by atoms with E-state index in [4.69, 9.17) is 22.6 Å². The highest BCUT2D eigenvalue weighted by molar-refractivity contribution is 7.53. The molecule has 1 saturated heterocycles.